The molecule has 0 atom stereocenters. The zero-order chi connectivity index (χ0) is 18.5. The number of hydrogen-bond donors (Lipinski definition) is 1. The van der Waals surface area contributed by atoms with Crippen molar-refractivity contribution in [3.8, 4) is 0 Å². The molecular formula is C21H20N4O2. The summed E-state index contributed by atoms with van der Waals surface area (Å²) < 4.78 is 5.35. The van der Waals surface area contributed by atoms with Gasteiger partial charge in [0.2, 0.25) is 5.95 Å². The van der Waals surface area contributed by atoms with Crippen LogP contribution in [0.2, 0.25) is 0 Å². The summed E-state index contributed by atoms with van der Waals surface area (Å²) in [5.74, 6) is 0.549. The van der Waals surface area contributed by atoms with E-state index in [1.165, 1.54) is 0 Å². The van der Waals surface area contributed by atoms with Crippen LogP contribution in [0.15, 0.2) is 59.5 Å². The summed E-state index contributed by atoms with van der Waals surface area (Å²) in [6.07, 6.45) is 9.45. The van der Waals surface area contributed by atoms with Gasteiger partial charge in [0.1, 0.15) is 0 Å². The van der Waals surface area contributed by atoms with Crippen molar-refractivity contribution in [2.24, 2.45) is 0 Å². The number of hydrogen-bond acceptors (Lipinski definition) is 5. The van der Waals surface area contributed by atoms with Crippen LogP contribution in [0.1, 0.15) is 11.1 Å². The van der Waals surface area contributed by atoms with E-state index in [9.17, 15) is 4.79 Å². The van der Waals surface area contributed by atoms with E-state index in [-0.39, 0.29) is 5.56 Å². The van der Waals surface area contributed by atoms with Gasteiger partial charge in [0.25, 0.3) is 5.56 Å². The lowest BCUT2D eigenvalue weighted by Crippen LogP contribution is -2.38. The van der Waals surface area contributed by atoms with E-state index in [0.29, 0.717) is 43.3 Å². The summed E-state index contributed by atoms with van der Waals surface area (Å²) in [6.45, 7) is 2.67. The molecule has 6 nitrogen and oxygen atoms in total. The molecule has 1 aliphatic heterocycles. The predicted molar refractivity (Wildman–Crippen MR) is 108 cm³/mol. The van der Waals surface area contributed by atoms with E-state index in [1.807, 2.05) is 65.6 Å². The van der Waals surface area contributed by atoms with Crippen LogP contribution < -0.4 is 10.5 Å². The summed E-state index contributed by atoms with van der Waals surface area (Å²) in [6, 6.07) is 11.9. The maximum atomic E-state index is 12.7. The van der Waals surface area contributed by atoms with Gasteiger partial charge in [-0.05, 0) is 17.2 Å². The fourth-order valence-electron chi connectivity index (χ4n) is 3.03. The molecule has 1 aliphatic rings. The fourth-order valence-corrected chi connectivity index (χ4v) is 3.03. The average Bonchev–Trinajstić information content (AvgIpc) is 2.72. The Balaban J connectivity index is 1.62. The van der Waals surface area contributed by atoms with Crippen LogP contribution in [0.5, 0.6) is 0 Å². The maximum absolute atomic E-state index is 12.7. The Bertz CT molecular complexity index is 1030. The molecule has 0 aliphatic carbocycles. The Morgan fingerprint density at radius 2 is 1.81 bits per heavy atom. The fraction of sp³-hybridized carbons (Fsp3) is 0.190. The van der Waals surface area contributed by atoms with Gasteiger partial charge in [0.05, 0.1) is 18.6 Å². The number of morpholine rings is 1. The van der Waals surface area contributed by atoms with Gasteiger partial charge in [-0.3, -0.25) is 9.78 Å². The molecule has 27 heavy (non-hydrogen) atoms. The molecule has 1 fully saturated rings. The highest BCUT2D eigenvalue weighted by Gasteiger charge is 2.16. The molecule has 3 aromatic rings. The monoisotopic (exact) mass is 360 g/mol. The van der Waals surface area contributed by atoms with Gasteiger partial charge in [-0.15, -0.1) is 0 Å². The van der Waals surface area contributed by atoms with Gasteiger partial charge < -0.3 is 9.64 Å². The van der Waals surface area contributed by atoms with E-state index in [4.69, 9.17) is 4.74 Å². The first kappa shape index (κ1) is 17.2. The molecule has 0 spiro atoms. The third kappa shape index (κ3) is 3.96. The number of benzene rings is 1. The highest BCUT2D eigenvalue weighted by atomic mass is 16.5. The number of anilines is 1. The van der Waals surface area contributed by atoms with Crippen molar-refractivity contribution in [1.82, 2.24) is 15.0 Å². The Kier molecular flexibility index (Phi) is 5.07. The van der Waals surface area contributed by atoms with Crippen LogP contribution in [-0.4, -0.2) is 41.3 Å². The second-order valence-corrected chi connectivity index (χ2v) is 6.22. The van der Waals surface area contributed by atoms with Crippen molar-refractivity contribution in [1.29, 1.82) is 0 Å². The number of H-pyrrole nitrogens is 1. The number of fused-ring (bicyclic) bond motifs is 1. The molecule has 1 saturated heterocycles. The summed E-state index contributed by atoms with van der Waals surface area (Å²) in [7, 11) is 0. The lowest BCUT2D eigenvalue weighted by atomic mass is 10.1. The Hall–Kier alpha value is -3.25. The Morgan fingerprint density at radius 3 is 2.63 bits per heavy atom. The second-order valence-electron chi connectivity index (χ2n) is 6.22. The van der Waals surface area contributed by atoms with Crippen molar-refractivity contribution in [3.63, 3.8) is 0 Å². The van der Waals surface area contributed by atoms with Gasteiger partial charge in [-0.2, -0.15) is 4.98 Å². The lowest BCUT2D eigenvalue weighted by Gasteiger charge is -2.27. The summed E-state index contributed by atoms with van der Waals surface area (Å²) in [4.78, 5) is 26.4. The Labute approximate surface area is 156 Å². The molecule has 136 valence electrons. The standard InChI is InChI=1S/C21H20N4O2/c26-20-18-17(9-5-4-8-16-6-2-1-3-7-16)10-11-22-19(18)23-21(24-20)25-12-14-27-15-13-25/h1-11H,12-15H2,(H,22,23,24,26)/b8-4+,9-5+. The van der Waals surface area contributed by atoms with Gasteiger partial charge in [0, 0.05) is 19.3 Å². The van der Waals surface area contributed by atoms with E-state index in [0.717, 1.165) is 11.1 Å². The minimum absolute atomic E-state index is 0.179. The van der Waals surface area contributed by atoms with Gasteiger partial charge in [0.15, 0.2) is 5.65 Å². The molecule has 0 radical (unpaired) electrons. The smallest absolute Gasteiger partial charge is 0.262 e. The third-order valence-electron chi connectivity index (χ3n) is 4.41. The van der Waals surface area contributed by atoms with Crippen molar-refractivity contribution in [2.45, 2.75) is 0 Å². The Morgan fingerprint density at radius 1 is 1.04 bits per heavy atom. The number of ether oxygens (including phenoxy) is 1. The highest BCUT2D eigenvalue weighted by molar-refractivity contribution is 5.85. The first-order chi connectivity index (χ1) is 13.3. The summed E-state index contributed by atoms with van der Waals surface area (Å²) in [5, 5.41) is 0.499. The average molecular weight is 360 g/mol. The molecule has 1 N–H and O–H groups in total. The minimum Gasteiger partial charge on any atom is -0.378 e. The largest absolute Gasteiger partial charge is 0.378 e. The number of nitrogens with zero attached hydrogens (tertiary/aromatic N) is 3. The topological polar surface area (TPSA) is 71.1 Å². The molecular weight excluding hydrogens is 340 g/mol. The number of aromatic nitrogens is 3. The number of rotatable bonds is 4. The molecule has 6 heteroatoms. The van der Waals surface area contributed by atoms with Crippen LogP contribution in [0, 0.1) is 0 Å². The van der Waals surface area contributed by atoms with Crippen LogP contribution in [0.4, 0.5) is 5.95 Å². The first-order valence-corrected chi connectivity index (χ1v) is 8.93. The van der Waals surface area contributed by atoms with Crippen LogP contribution in [0.3, 0.4) is 0 Å². The molecule has 2 aromatic heterocycles. The van der Waals surface area contributed by atoms with E-state index >= 15 is 0 Å². The molecule has 3 heterocycles. The summed E-state index contributed by atoms with van der Waals surface area (Å²) in [5.41, 5.74) is 2.19. The molecule has 4 rings (SSSR count). The zero-order valence-corrected chi connectivity index (χ0v) is 14.8. The van der Waals surface area contributed by atoms with Crippen LogP contribution in [0.25, 0.3) is 23.2 Å². The third-order valence-corrected chi connectivity index (χ3v) is 4.41. The van der Waals surface area contributed by atoms with E-state index < -0.39 is 0 Å². The highest BCUT2D eigenvalue weighted by Crippen LogP contribution is 2.16. The van der Waals surface area contributed by atoms with Crippen molar-refractivity contribution < 1.29 is 4.74 Å². The van der Waals surface area contributed by atoms with Gasteiger partial charge in [-0.25, -0.2) is 4.98 Å². The van der Waals surface area contributed by atoms with E-state index in [2.05, 4.69) is 15.0 Å². The molecule has 1 aromatic carbocycles. The quantitative estimate of drug-likeness (QED) is 0.725. The molecule has 0 amide bonds. The van der Waals surface area contributed by atoms with E-state index in [1.54, 1.807) is 6.20 Å². The number of allylic oxidation sites excluding steroid dienone is 2. The molecule has 0 saturated carbocycles. The number of pyridine rings is 1. The van der Waals surface area contributed by atoms with Crippen LogP contribution in [-0.2, 0) is 4.74 Å². The SMILES string of the molecule is O=c1[nH]c(N2CCOCC2)nc2nccc(/C=C/C=C/c3ccccc3)c12. The van der Waals surface area contributed by atoms with Gasteiger partial charge in [-0.1, -0.05) is 54.6 Å². The maximum Gasteiger partial charge on any atom is 0.262 e. The van der Waals surface area contributed by atoms with Crippen molar-refractivity contribution in [3.05, 3.63) is 76.2 Å². The number of aromatic amines is 1. The predicted octanol–water partition coefficient (Wildman–Crippen LogP) is 2.88. The van der Waals surface area contributed by atoms with Crippen molar-refractivity contribution >= 4 is 29.1 Å². The first-order valence-electron chi connectivity index (χ1n) is 8.93. The second kappa shape index (κ2) is 7.97. The van der Waals surface area contributed by atoms with Crippen LogP contribution >= 0.6 is 0 Å². The zero-order valence-electron chi connectivity index (χ0n) is 14.8. The minimum atomic E-state index is -0.179. The normalized spacial score (nSPS) is 15.2. The lowest BCUT2D eigenvalue weighted by molar-refractivity contribution is 0.122. The number of nitrogens with one attached hydrogen (secondary N) is 1. The molecule has 0 unspecified atom stereocenters. The molecule has 0 bridgehead atoms. The summed E-state index contributed by atoms with van der Waals surface area (Å²) >= 11 is 0. The van der Waals surface area contributed by atoms with Crippen molar-refractivity contribution in [2.75, 3.05) is 31.2 Å². The van der Waals surface area contributed by atoms with Gasteiger partial charge >= 0.3 is 0 Å².